The fourth-order valence-electron chi connectivity index (χ4n) is 3.60. The number of amides is 1. The highest BCUT2D eigenvalue weighted by Gasteiger charge is 2.31. The summed E-state index contributed by atoms with van der Waals surface area (Å²) in [6, 6.07) is 1.30. The molecule has 1 amide bonds. The molecule has 1 aliphatic carbocycles. The Kier molecular flexibility index (Phi) is 6.84. The molecular formula is C16H29Cl2N3O2. The van der Waals surface area contributed by atoms with Crippen molar-refractivity contribution in [3.05, 3.63) is 0 Å². The number of piperazine rings is 1. The van der Waals surface area contributed by atoms with Crippen molar-refractivity contribution in [3.8, 4) is 0 Å². The summed E-state index contributed by atoms with van der Waals surface area (Å²) in [6.45, 7) is 10.4. The Morgan fingerprint density at radius 2 is 1.87 bits per heavy atom. The second kappa shape index (κ2) is 8.24. The number of hydrogen-bond acceptors (Lipinski definition) is 4. The zero-order valence-corrected chi connectivity index (χ0v) is 15.9. The highest BCUT2D eigenvalue weighted by molar-refractivity contribution is 6.47. The normalized spacial score (nSPS) is 27.9. The maximum Gasteiger partial charge on any atom is 0.409 e. The van der Waals surface area contributed by atoms with E-state index < -0.39 is 10.6 Å². The average Bonchev–Trinajstić information content (AvgIpc) is 2.45. The zero-order valence-electron chi connectivity index (χ0n) is 14.4. The van der Waals surface area contributed by atoms with E-state index in [-0.39, 0.29) is 6.04 Å². The van der Waals surface area contributed by atoms with Crippen LogP contribution in [0, 0.1) is 0 Å². The molecule has 0 aromatic rings. The Morgan fingerprint density at radius 1 is 1.22 bits per heavy atom. The summed E-state index contributed by atoms with van der Waals surface area (Å²) in [5.74, 6) is 0. The van der Waals surface area contributed by atoms with Gasteiger partial charge in [0.2, 0.25) is 0 Å². The van der Waals surface area contributed by atoms with Gasteiger partial charge in [-0.25, -0.2) is 4.79 Å². The van der Waals surface area contributed by atoms with Crippen LogP contribution in [-0.2, 0) is 4.74 Å². The first kappa shape index (κ1) is 19.1. The maximum atomic E-state index is 11.8. The molecule has 1 saturated carbocycles. The average molecular weight is 366 g/mol. The first-order valence-corrected chi connectivity index (χ1v) is 9.35. The molecule has 2 aliphatic rings. The van der Waals surface area contributed by atoms with Crippen molar-refractivity contribution >= 4 is 29.3 Å². The van der Waals surface area contributed by atoms with Crippen LogP contribution in [0.3, 0.4) is 0 Å². The van der Waals surface area contributed by atoms with Crippen LogP contribution < -0.4 is 5.32 Å². The van der Waals surface area contributed by atoms with Crippen molar-refractivity contribution in [2.45, 2.75) is 69.1 Å². The molecule has 2 rings (SSSR count). The maximum absolute atomic E-state index is 11.8. The van der Waals surface area contributed by atoms with E-state index in [2.05, 4.69) is 29.0 Å². The number of carbonyl (C=O) groups is 1. The smallest absolute Gasteiger partial charge is 0.409 e. The molecule has 2 atom stereocenters. The van der Waals surface area contributed by atoms with Gasteiger partial charge in [-0.15, -0.1) is 0 Å². The minimum atomic E-state index is -1.48. The van der Waals surface area contributed by atoms with Crippen LogP contribution in [0.15, 0.2) is 0 Å². The highest BCUT2D eigenvalue weighted by atomic mass is 35.5. The number of ether oxygens (including phenoxy) is 1. The zero-order chi connectivity index (χ0) is 17.0. The fraction of sp³-hybridized carbons (Fsp3) is 0.938. The molecule has 1 N–H and O–H groups in total. The third-order valence-electron chi connectivity index (χ3n) is 4.84. The summed E-state index contributed by atoms with van der Waals surface area (Å²) in [6.07, 6.45) is 3.75. The van der Waals surface area contributed by atoms with Crippen LogP contribution in [0.4, 0.5) is 4.79 Å². The van der Waals surface area contributed by atoms with Gasteiger partial charge in [-0.3, -0.25) is 9.80 Å². The van der Waals surface area contributed by atoms with Gasteiger partial charge in [-0.1, -0.05) is 23.2 Å². The lowest BCUT2D eigenvalue weighted by molar-refractivity contribution is 0.0565. The number of alkyl halides is 2. The summed E-state index contributed by atoms with van der Waals surface area (Å²) in [4.78, 5) is 16.9. The van der Waals surface area contributed by atoms with E-state index in [4.69, 9.17) is 27.9 Å². The van der Waals surface area contributed by atoms with Crippen LogP contribution >= 0.6 is 23.2 Å². The summed E-state index contributed by atoms with van der Waals surface area (Å²) >= 11 is 11.4. The Bertz CT molecular complexity index is 393. The van der Waals surface area contributed by atoms with E-state index in [9.17, 15) is 4.79 Å². The van der Waals surface area contributed by atoms with Crippen molar-refractivity contribution in [3.63, 3.8) is 0 Å². The van der Waals surface area contributed by atoms with Gasteiger partial charge in [0, 0.05) is 51.2 Å². The molecule has 0 bridgehead atoms. The van der Waals surface area contributed by atoms with Crippen LogP contribution in [-0.4, -0.2) is 64.7 Å². The number of carbonyl (C=O) groups excluding carboxylic acids is 1. The minimum absolute atomic E-state index is 0.139. The summed E-state index contributed by atoms with van der Waals surface area (Å²) < 4.78 is 3.44. The van der Waals surface area contributed by atoms with E-state index in [0.29, 0.717) is 12.1 Å². The number of alkyl carbamates (subject to hydrolysis) is 1. The quantitative estimate of drug-likeness (QED) is 0.776. The number of rotatable bonds is 4. The summed E-state index contributed by atoms with van der Waals surface area (Å²) in [5, 5.41) is 2.90. The summed E-state index contributed by atoms with van der Waals surface area (Å²) in [5.41, 5.74) is 0. The second-order valence-corrected chi connectivity index (χ2v) is 8.66. The molecule has 0 spiro atoms. The first-order valence-electron chi connectivity index (χ1n) is 8.60. The summed E-state index contributed by atoms with van der Waals surface area (Å²) in [7, 11) is 0. The SMILES string of the molecule is CC(C)N1CCN(C2CCCC(NC(=O)OC(C)(Cl)Cl)C2)CC1. The third-order valence-corrected chi connectivity index (χ3v) is 4.99. The lowest BCUT2D eigenvalue weighted by atomic mass is 9.89. The standard InChI is InChI=1S/C16H29Cl2N3O2/c1-12(2)20-7-9-21(10-8-20)14-6-4-5-13(11-14)19-15(22)23-16(3,17)18/h12-14H,4-11H2,1-3H3,(H,19,22). The number of nitrogens with zero attached hydrogens (tertiary/aromatic N) is 2. The van der Waals surface area contributed by atoms with Gasteiger partial charge in [0.25, 0.3) is 4.52 Å². The van der Waals surface area contributed by atoms with E-state index in [1.54, 1.807) is 0 Å². The van der Waals surface area contributed by atoms with Crippen LogP contribution in [0.2, 0.25) is 0 Å². The molecule has 23 heavy (non-hydrogen) atoms. The number of hydrogen-bond donors (Lipinski definition) is 1. The second-order valence-electron chi connectivity index (χ2n) is 7.02. The van der Waals surface area contributed by atoms with Gasteiger partial charge < -0.3 is 10.1 Å². The number of nitrogens with one attached hydrogen (secondary N) is 1. The van der Waals surface area contributed by atoms with Gasteiger partial charge in [0.05, 0.1) is 0 Å². The van der Waals surface area contributed by atoms with Gasteiger partial charge in [-0.05, 0) is 39.5 Å². The van der Waals surface area contributed by atoms with E-state index in [1.807, 2.05) is 0 Å². The largest absolute Gasteiger partial charge is 0.413 e. The molecule has 7 heteroatoms. The Labute approximate surface area is 149 Å². The van der Waals surface area contributed by atoms with Gasteiger partial charge in [0.15, 0.2) is 0 Å². The first-order chi connectivity index (χ1) is 10.7. The topological polar surface area (TPSA) is 44.8 Å². The molecule has 2 fully saturated rings. The predicted molar refractivity (Wildman–Crippen MR) is 94.1 cm³/mol. The molecule has 0 radical (unpaired) electrons. The van der Waals surface area contributed by atoms with Crippen molar-refractivity contribution in [1.82, 2.24) is 15.1 Å². The Morgan fingerprint density at radius 3 is 2.43 bits per heavy atom. The van der Waals surface area contributed by atoms with Gasteiger partial charge >= 0.3 is 6.09 Å². The minimum Gasteiger partial charge on any atom is -0.413 e. The molecule has 1 saturated heterocycles. The van der Waals surface area contributed by atoms with E-state index >= 15 is 0 Å². The molecule has 2 unspecified atom stereocenters. The lowest BCUT2D eigenvalue weighted by Crippen LogP contribution is -2.54. The van der Waals surface area contributed by atoms with Crippen molar-refractivity contribution < 1.29 is 9.53 Å². The highest BCUT2D eigenvalue weighted by Crippen LogP contribution is 2.26. The lowest BCUT2D eigenvalue weighted by Gasteiger charge is -2.43. The molecule has 0 aromatic heterocycles. The molecule has 5 nitrogen and oxygen atoms in total. The Hall–Kier alpha value is -0.230. The van der Waals surface area contributed by atoms with Crippen molar-refractivity contribution in [1.29, 1.82) is 0 Å². The van der Waals surface area contributed by atoms with Crippen LogP contribution in [0.1, 0.15) is 46.5 Å². The molecule has 1 heterocycles. The predicted octanol–water partition coefficient (Wildman–Crippen LogP) is 3.20. The monoisotopic (exact) mass is 365 g/mol. The third kappa shape index (κ3) is 6.29. The molecule has 134 valence electrons. The van der Waals surface area contributed by atoms with Crippen molar-refractivity contribution in [2.24, 2.45) is 0 Å². The molecule has 1 aliphatic heterocycles. The molecule has 0 aromatic carbocycles. The van der Waals surface area contributed by atoms with E-state index in [0.717, 1.165) is 45.4 Å². The number of halogens is 2. The van der Waals surface area contributed by atoms with Crippen LogP contribution in [0.25, 0.3) is 0 Å². The molecular weight excluding hydrogens is 337 g/mol. The van der Waals surface area contributed by atoms with Gasteiger partial charge in [-0.2, -0.15) is 0 Å². The Balaban J connectivity index is 1.79. The van der Waals surface area contributed by atoms with Crippen LogP contribution in [0.5, 0.6) is 0 Å². The fourth-order valence-corrected chi connectivity index (χ4v) is 3.74. The van der Waals surface area contributed by atoms with Gasteiger partial charge in [0.1, 0.15) is 0 Å². The van der Waals surface area contributed by atoms with Crippen molar-refractivity contribution in [2.75, 3.05) is 26.2 Å². The van der Waals surface area contributed by atoms with E-state index in [1.165, 1.54) is 13.3 Å².